The highest BCUT2D eigenvalue weighted by atomic mass is 32.1. The van der Waals surface area contributed by atoms with E-state index in [4.69, 9.17) is 0 Å². The van der Waals surface area contributed by atoms with Crippen LogP contribution in [-0.2, 0) is 11.2 Å². The van der Waals surface area contributed by atoms with Crippen molar-refractivity contribution in [3.63, 3.8) is 0 Å². The highest BCUT2D eigenvalue weighted by Crippen LogP contribution is 2.32. The summed E-state index contributed by atoms with van der Waals surface area (Å²) in [7, 11) is 0. The molecule has 0 fully saturated rings. The van der Waals surface area contributed by atoms with E-state index >= 15 is 0 Å². The number of fused-ring (bicyclic) bond motifs is 1. The van der Waals surface area contributed by atoms with Gasteiger partial charge in [0, 0.05) is 4.70 Å². The lowest BCUT2D eigenvalue weighted by molar-refractivity contribution is -0.146. The zero-order valence-electron chi connectivity index (χ0n) is 10.3. The van der Waals surface area contributed by atoms with Gasteiger partial charge in [0.25, 0.3) is 0 Å². The van der Waals surface area contributed by atoms with Crippen molar-refractivity contribution in [3.8, 4) is 0 Å². The largest absolute Gasteiger partial charge is 0.481 e. The number of rotatable bonds is 3. The Kier molecular flexibility index (Phi) is 2.96. The van der Waals surface area contributed by atoms with Crippen molar-refractivity contribution in [2.45, 2.75) is 27.2 Å². The Morgan fingerprint density at radius 2 is 2.12 bits per heavy atom. The zero-order valence-corrected chi connectivity index (χ0v) is 11.1. The molecule has 0 aliphatic heterocycles. The summed E-state index contributed by atoms with van der Waals surface area (Å²) in [5.74, 6) is -0.748. The van der Waals surface area contributed by atoms with Gasteiger partial charge < -0.3 is 5.11 Å². The summed E-state index contributed by atoms with van der Waals surface area (Å²) in [5, 5.41) is 12.6. The van der Waals surface area contributed by atoms with Crippen LogP contribution >= 0.6 is 11.3 Å². The summed E-state index contributed by atoms with van der Waals surface area (Å²) in [6, 6.07) is 6.13. The molecule has 17 heavy (non-hydrogen) atoms. The molecule has 0 unspecified atom stereocenters. The maximum absolute atomic E-state index is 11.2. The number of carbonyl (C=O) groups is 1. The van der Waals surface area contributed by atoms with Gasteiger partial charge in [-0.3, -0.25) is 4.79 Å². The summed E-state index contributed by atoms with van der Waals surface area (Å²) in [6.07, 6.45) is 0.567. The molecule has 0 aliphatic carbocycles. The molecule has 1 heterocycles. The van der Waals surface area contributed by atoms with Crippen LogP contribution in [0.15, 0.2) is 23.6 Å². The average molecular weight is 248 g/mol. The molecule has 0 bridgehead atoms. The SMILES string of the molecule is Cc1csc2cccc(CC(C)(C)C(=O)O)c12. The molecule has 90 valence electrons. The minimum atomic E-state index is -0.748. The van der Waals surface area contributed by atoms with Crippen molar-refractivity contribution in [2.24, 2.45) is 5.41 Å². The smallest absolute Gasteiger partial charge is 0.309 e. The van der Waals surface area contributed by atoms with Gasteiger partial charge in [-0.05, 0) is 55.2 Å². The van der Waals surface area contributed by atoms with E-state index in [1.54, 1.807) is 25.2 Å². The van der Waals surface area contributed by atoms with Gasteiger partial charge in [-0.15, -0.1) is 11.3 Å². The fourth-order valence-electron chi connectivity index (χ4n) is 2.03. The maximum Gasteiger partial charge on any atom is 0.309 e. The fraction of sp³-hybridized carbons (Fsp3) is 0.357. The van der Waals surface area contributed by atoms with Crippen LogP contribution in [0, 0.1) is 12.3 Å². The lowest BCUT2D eigenvalue weighted by Crippen LogP contribution is -2.26. The minimum absolute atomic E-state index is 0.567. The van der Waals surface area contributed by atoms with Crippen LogP contribution < -0.4 is 0 Å². The highest BCUT2D eigenvalue weighted by Gasteiger charge is 2.28. The van der Waals surface area contributed by atoms with Crippen LogP contribution in [0.25, 0.3) is 10.1 Å². The van der Waals surface area contributed by atoms with E-state index in [0.717, 1.165) is 5.56 Å². The van der Waals surface area contributed by atoms with Gasteiger partial charge in [0.15, 0.2) is 0 Å². The zero-order chi connectivity index (χ0) is 12.6. The Labute approximate surface area is 105 Å². The predicted octanol–water partition coefficient (Wildman–Crippen LogP) is 3.86. The van der Waals surface area contributed by atoms with E-state index in [2.05, 4.69) is 18.4 Å². The molecule has 0 saturated carbocycles. The molecule has 0 atom stereocenters. The first-order chi connectivity index (χ1) is 7.92. The fourth-order valence-corrected chi connectivity index (χ4v) is 3.02. The topological polar surface area (TPSA) is 37.3 Å². The Balaban J connectivity index is 2.49. The number of aryl methyl sites for hydroxylation is 1. The van der Waals surface area contributed by atoms with Gasteiger partial charge in [0.05, 0.1) is 5.41 Å². The molecule has 0 spiro atoms. The van der Waals surface area contributed by atoms with Gasteiger partial charge in [-0.2, -0.15) is 0 Å². The monoisotopic (exact) mass is 248 g/mol. The van der Waals surface area contributed by atoms with E-state index in [-0.39, 0.29) is 0 Å². The Bertz CT molecular complexity index is 567. The van der Waals surface area contributed by atoms with Crippen LogP contribution in [0.4, 0.5) is 0 Å². The van der Waals surface area contributed by atoms with Crippen molar-refractivity contribution in [1.29, 1.82) is 0 Å². The van der Waals surface area contributed by atoms with Crippen LogP contribution in [0.2, 0.25) is 0 Å². The van der Waals surface area contributed by atoms with E-state index in [0.29, 0.717) is 6.42 Å². The lowest BCUT2D eigenvalue weighted by Gasteiger charge is -2.19. The quantitative estimate of drug-likeness (QED) is 0.895. The molecule has 2 aromatic rings. The van der Waals surface area contributed by atoms with Crippen molar-refractivity contribution in [1.82, 2.24) is 0 Å². The second kappa shape index (κ2) is 4.15. The molecule has 0 radical (unpaired) electrons. The third-order valence-corrected chi connectivity index (χ3v) is 4.15. The Morgan fingerprint density at radius 3 is 2.76 bits per heavy atom. The van der Waals surface area contributed by atoms with Crippen molar-refractivity contribution in [2.75, 3.05) is 0 Å². The summed E-state index contributed by atoms with van der Waals surface area (Å²) >= 11 is 1.72. The van der Waals surface area contributed by atoms with Gasteiger partial charge in [-0.25, -0.2) is 0 Å². The molecular formula is C14H16O2S. The molecule has 1 aromatic carbocycles. The van der Waals surface area contributed by atoms with E-state index in [1.807, 2.05) is 12.1 Å². The van der Waals surface area contributed by atoms with Crippen LogP contribution in [0.1, 0.15) is 25.0 Å². The lowest BCUT2D eigenvalue weighted by atomic mass is 9.84. The first-order valence-electron chi connectivity index (χ1n) is 5.61. The summed E-state index contributed by atoms with van der Waals surface area (Å²) < 4.78 is 1.24. The third-order valence-electron chi connectivity index (χ3n) is 3.08. The molecule has 1 aromatic heterocycles. The summed E-state index contributed by atoms with van der Waals surface area (Å²) in [6.45, 7) is 5.63. The highest BCUT2D eigenvalue weighted by molar-refractivity contribution is 7.17. The van der Waals surface area contributed by atoms with E-state index < -0.39 is 11.4 Å². The first kappa shape index (κ1) is 12.1. The van der Waals surface area contributed by atoms with E-state index in [1.165, 1.54) is 15.6 Å². The second-order valence-corrected chi connectivity index (χ2v) is 5.99. The van der Waals surface area contributed by atoms with Gasteiger partial charge in [0.1, 0.15) is 0 Å². The maximum atomic E-state index is 11.2. The molecule has 0 aliphatic rings. The van der Waals surface area contributed by atoms with Crippen LogP contribution in [0.3, 0.4) is 0 Å². The number of thiophene rings is 1. The predicted molar refractivity (Wildman–Crippen MR) is 71.7 cm³/mol. The minimum Gasteiger partial charge on any atom is -0.481 e. The third kappa shape index (κ3) is 2.20. The van der Waals surface area contributed by atoms with Crippen molar-refractivity contribution >= 4 is 27.4 Å². The molecule has 2 nitrogen and oxygen atoms in total. The average Bonchev–Trinajstić information content (AvgIpc) is 2.61. The first-order valence-corrected chi connectivity index (χ1v) is 6.49. The van der Waals surface area contributed by atoms with Gasteiger partial charge in [-0.1, -0.05) is 12.1 Å². The number of hydrogen-bond acceptors (Lipinski definition) is 2. The van der Waals surface area contributed by atoms with Crippen LogP contribution in [0.5, 0.6) is 0 Å². The molecule has 0 amide bonds. The molecule has 2 rings (SSSR count). The number of benzene rings is 1. The van der Waals surface area contributed by atoms with Crippen molar-refractivity contribution < 1.29 is 9.90 Å². The molecule has 0 saturated heterocycles. The van der Waals surface area contributed by atoms with E-state index in [9.17, 15) is 9.90 Å². The number of aliphatic carboxylic acids is 1. The summed E-state index contributed by atoms with van der Waals surface area (Å²) in [5.41, 5.74) is 1.65. The van der Waals surface area contributed by atoms with Crippen molar-refractivity contribution in [3.05, 3.63) is 34.7 Å². The second-order valence-electron chi connectivity index (χ2n) is 5.07. The Hall–Kier alpha value is -1.35. The number of carboxylic acids is 1. The normalized spacial score (nSPS) is 11.9. The Morgan fingerprint density at radius 1 is 1.41 bits per heavy atom. The van der Waals surface area contributed by atoms with Gasteiger partial charge >= 0.3 is 5.97 Å². The molecule has 3 heteroatoms. The standard InChI is InChI=1S/C14H16O2S/c1-9-8-17-11-6-4-5-10(12(9)11)7-14(2,3)13(15)16/h4-6,8H,7H2,1-3H3,(H,15,16). The van der Waals surface area contributed by atoms with Crippen LogP contribution in [-0.4, -0.2) is 11.1 Å². The molecular weight excluding hydrogens is 232 g/mol. The number of carboxylic acid groups (broad SMARTS) is 1. The number of hydrogen-bond donors (Lipinski definition) is 1. The summed E-state index contributed by atoms with van der Waals surface area (Å²) in [4.78, 5) is 11.2. The van der Waals surface area contributed by atoms with Gasteiger partial charge in [0.2, 0.25) is 0 Å². The molecule has 1 N–H and O–H groups in total.